The molecule has 1 unspecified atom stereocenters. The van der Waals surface area contributed by atoms with E-state index in [-0.39, 0.29) is 0 Å². The molecule has 1 nitrogen and oxygen atoms in total. The standard InChI is InChI=1S/C15H23Br2NS/c1-12(14-8-7-13(16)11-15(14)17)18-9-5-3-4-6-10-19-2/h7-8,11-12,18H,3-6,9-10H2,1-2H3. The number of rotatable bonds is 9. The lowest BCUT2D eigenvalue weighted by atomic mass is 10.1. The van der Waals surface area contributed by atoms with Crippen LogP contribution >= 0.6 is 43.6 Å². The van der Waals surface area contributed by atoms with Gasteiger partial charge >= 0.3 is 0 Å². The van der Waals surface area contributed by atoms with Crippen LogP contribution in [0.15, 0.2) is 27.1 Å². The van der Waals surface area contributed by atoms with Gasteiger partial charge in [0, 0.05) is 15.0 Å². The van der Waals surface area contributed by atoms with Gasteiger partial charge in [0.25, 0.3) is 0 Å². The van der Waals surface area contributed by atoms with Gasteiger partial charge in [-0.3, -0.25) is 0 Å². The van der Waals surface area contributed by atoms with E-state index >= 15 is 0 Å². The predicted molar refractivity (Wildman–Crippen MR) is 95.1 cm³/mol. The summed E-state index contributed by atoms with van der Waals surface area (Å²) >= 11 is 9.06. The van der Waals surface area contributed by atoms with Crippen molar-refractivity contribution < 1.29 is 0 Å². The van der Waals surface area contributed by atoms with Crippen molar-refractivity contribution >= 4 is 43.6 Å². The summed E-state index contributed by atoms with van der Waals surface area (Å²) in [6, 6.07) is 6.77. The fourth-order valence-corrected chi connectivity index (χ4v) is 3.89. The Kier molecular flexibility index (Phi) is 9.46. The fraction of sp³-hybridized carbons (Fsp3) is 0.600. The van der Waals surface area contributed by atoms with E-state index in [9.17, 15) is 0 Å². The smallest absolute Gasteiger partial charge is 0.0302 e. The van der Waals surface area contributed by atoms with Crippen molar-refractivity contribution in [3.63, 3.8) is 0 Å². The Bertz CT molecular complexity index is 371. The van der Waals surface area contributed by atoms with Gasteiger partial charge in [-0.25, -0.2) is 0 Å². The molecule has 4 heteroatoms. The Labute approximate surface area is 138 Å². The molecule has 0 spiro atoms. The highest BCUT2D eigenvalue weighted by atomic mass is 79.9. The third kappa shape index (κ3) is 7.16. The van der Waals surface area contributed by atoms with Crippen LogP contribution in [0.25, 0.3) is 0 Å². The first-order valence-electron chi connectivity index (χ1n) is 6.82. The molecule has 0 saturated carbocycles. The largest absolute Gasteiger partial charge is 0.310 e. The number of halogens is 2. The van der Waals surface area contributed by atoms with Crippen LogP contribution in [-0.4, -0.2) is 18.6 Å². The van der Waals surface area contributed by atoms with Gasteiger partial charge in [-0.1, -0.05) is 50.8 Å². The Hall–Kier alpha value is 0.490. The highest BCUT2D eigenvalue weighted by Gasteiger charge is 2.08. The molecule has 0 saturated heterocycles. The van der Waals surface area contributed by atoms with Gasteiger partial charge in [0.2, 0.25) is 0 Å². The maximum absolute atomic E-state index is 3.63. The molecule has 1 N–H and O–H groups in total. The minimum Gasteiger partial charge on any atom is -0.310 e. The molecule has 0 aliphatic rings. The first-order chi connectivity index (χ1) is 9.15. The van der Waals surface area contributed by atoms with E-state index in [2.05, 4.69) is 68.6 Å². The van der Waals surface area contributed by atoms with Gasteiger partial charge in [0.05, 0.1) is 0 Å². The van der Waals surface area contributed by atoms with Crippen LogP contribution in [0.1, 0.15) is 44.2 Å². The molecule has 0 aromatic heterocycles. The second-order valence-corrected chi connectivity index (χ2v) is 7.50. The molecule has 0 heterocycles. The second-order valence-electron chi connectivity index (χ2n) is 4.75. The molecule has 1 rings (SSSR count). The van der Waals surface area contributed by atoms with Crippen LogP contribution in [-0.2, 0) is 0 Å². The quantitative estimate of drug-likeness (QED) is 0.519. The Morgan fingerprint density at radius 3 is 2.58 bits per heavy atom. The highest BCUT2D eigenvalue weighted by molar-refractivity contribution is 9.11. The Morgan fingerprint density at radius 2 is 1.89 bits per heavy atom. The summed E-state index contributed by atoms with van der Waals surface area (Å²) in [7, 11) is 0. The van der Waals surface area contributed by atoms with E-state index < -0.39 is 0 Å². The van der Waals surface area contributed by atoms with Crippen molar-refractivity contribution in [2.45, 2.75) is 38.6 Å². The number of hydrogen-bond acceptors (Lipinski definition) is 2. The third-order valence-corrected chi connectivity index (χ3v) is 5.03. The van der Waals surface area contributed by atoms with Gasteiger partial charge in [-0.05, 0) is 56.0 Å². The minimum atomic E-state index is 0.397. The summed E-state index contributed by atoms with van der Waals surface area (Å²) in [5.41, 5.74) is 1.32. The van der Waals surface area contributed by atoms with Crippen LogP contribution in [0.4, 0.5) is 0 Å². The molecule has 1 aromatic carbocycles. The SMILES string of the molecule is CSCCCCCCNC(C)c1ccc(Br)cc1Br. The number of unbranched alkanes of at least 4 members (excludes halogenated alkanes) is 3. The van der Waals surface area contributed by atoms with Gasteiger partial charge in [0.1, 0.15) is 0 Å². The van der Waals surface area contributed by atoms with E-state index in [0.29, 0.717) is 6.04 Å². The molecule has 0 aliphatic heterocycles. The van der Waals surface area contributed by atoms with E-state index in [1.807, 2.05) is 11.8 Å². The molecule has 108 valence electrons. The summed E-state index contributed by atoms with van der Waals surface area (Å²) < 4.78 is 2.28. The van der Waals surface area contributed by atoms with E-state index in [1.165, 1.54) is 41.5 Å². The third-order valence-electron chi connectivity index (χ3n) is 3.15. The zero-order valence-electron chi connectivity index (χ0n) is 11.7. The zero-order valence-corrected chi connectivity index (χ0v) is 15.7. The van der Waals surface area contributed by atoms with Crippen LogP contribution in [0.5, 0.6) is 0 Å². The fourth-order valence-electron chi connectivity index (χ4n) is 2.01. The summed E-state index contributed by atoms with van der Waals surface area (Å²) in [5, 5.41) is 3.60. The molecule has 19 heavy (non-hydrogen) atoms. The number of benzene rings is 1. The predicted octanol–water partition coefficient (Wildman–Crippen LogP) is 5.79. The van der Waals surface area contributed by atoms with E-state index in [0.717, 1.165) is 11.0 Å². The lowest BCUT2D eigenvalue weighted by Gasteiger charge is -2.16. The minimum absolute atomic E-state index is 0.397. The van der Waals surface area contributed by atoms with Crippen LogP contribution in [0.2, 0.25) is 0 Å². The van der Waals surface area contributed by atoms with Crippen molar-refractivity contribution in [1.29, 1.82) is 0 Å². The van der Waals surface area contributed by atoms with Gasteiger partial charge < -0.3 is 5.32 Å². The molecule has 0 radical (unpaired) electrons. The lowest BCUT2D eigenvalue weighted by molar-refractivity contribution is 0.536. The molecule has 0 aliphatic carbocycles. The van der Waals surface area contributed by atoms with Crippen molar-refractivity contribution in [3.8, 4) is 0 Å². The van der Waals surface area contributed by atoms with Crippen LogP contribution in [0, 0.1) is 0 Å². The number of thioether (sulfide) groups is 1. The van der Waals surface area contributed by atoms with Crippen molar-refractivity contribution in [2.75, 3.05) is 18.6 Å². The summed E-state index contributed by atoms with van der Waals surface area (Å²) in [6.45, 7) is 3.32. The normalized spacial score (nSPS) is 12.6. The second kappa shape index (κ2) is 10.3. The first kappa shape index (κ1) is 17.5. The molecule has 1 atom stereocenters. The number of nitrogens with one attached hydrogen (secondary N) is 1. The molecular formula is C15H23Br2NS. The average Bonchev–Trinajstić information content (AvgIpc) is 2.37. The van der Waals surface area contributed by atoms with Crippen LogP contribution in [0.3, 0.4) is 0 Å². The Morgan fingerprint density at radius 1 is 1.16 bits per heavy atom. The maximum atomic E-state index is 3.63. The molecule has 1 aromatic rings. The molecular weight excluding hydrogens is 386 g/mol. The van der Waals surface area contributed by atoms with E-state index in [4.69, 9.17) is 0 Å². The molecule has 0 fully saturated rings. The summed E-state index contributed by atoms with van der Waals surface area (Å²) in [5.74, 6) is 1.30. The molecule has 0 bridgehead atoms. The highest BCUT2D eigenvalue weighted by Crippen LogP contribution is 2.26. The zero-order chi connectivity index (χ0) is 14.1. The summed E-state index contributed by atoms with van der Waals surface area (Å²) in [6.07, 6.45) is 7.50. The van der Waals surface area contributed by atoms with Crippen molar-refractivity contribution in [3.05, 3.63) is 32.7 Å². The average molecular weight is 409 g/mol. The van der Waals surface area contributed by atoms with Gasteiger partial charge in [-0.15, -0.1) is 0 Å². The maximum Gasteiger partial charge on any atom is 0.0302 e. The topological polar surface area (TPSA) is 12.0 Å². The monoisotopic (exact) mass is 407 g/mol. The van der Waals surface area contributed by atoms with Gasteiger partial charge in [-0.2, -0.15) is 11.8 Å². The van der Waals surface area contributed by atoms with E-state index in [1.54, 1.807) is 0 Å². The van der Waals surface area contributed by atoms with Crippen LogP contribution < -0.4 is 5.32 Å². The van der Waals surface area contributed by atoms with Crippen molar-refractivity contribution in [1.82, 2.24) is 5.32 Å². The lowest BCUT2D eigenvalue weighted by Crippen LogP contribution is -2.20. The molecule has 0 amide bonds. The Balaban J connectivity index is 2.22. The summed E-state index contributed by atoms with van der Waals surface area (Å²) in [4.78, 5) is 0. The van der Waals surface area contributed by atoms with Gasteiger partial charge in [0.15, 0.2) is 0 Å². The number of hydrogen-bond donors (Lipinski definition) is 1. The first-order valence-corrected chi connectivity index (χ1v) is 9.80. The van der Waals surface area contributed by atoms with Crippen molar-refractivity contribution in [2.24, 2.45) is 0 Å².